The Morgan fingerprint density at radius 1 is 0.588 bits per heavy atom. The number of amides is 4. The summed E-state index contributed by atoms with van der Waals surface area (Å²) in [5.41, 5.74) is 0.146. The molecule has 2 heterocycles. The second-order valence-electron chi connectivity index (χ2n) is 7.66. The summed E-state index contributed by atoms with van der Waals surface area (Å²) in [6, 6.07) is 7.76. The molecular weight excluding hydrogens is 448 g/mol. The van der Waals surface area contributed by atoms with Crippen LogP contribution in [-0.2, 0) is 9.59 Å². The first-order valence-electron chi connectivity index (χ1n) is 10.1. The Balaban J connectivity index is 1.60. The van der Waals surface area contributed by atoms with Crippen molar-refractivity contribution in [1.29, 1.82) is 0 Å². The third-order valence-corrected chi connectivity index (χ3v) is 5.56. The molecule has 0 atom stereocenters. The topological polar surface area (TPSA) is 166 Å². The van der Waals surface area contributed by atoms with Crippen molar-refractivity contribution in [3.63, 3.8) is 0 Å². The van der Waals surface area contributed by atoms with Crippen molar-refractivity contribution in [1.82, 2.24) is 9.80 Å². The highest BCUT2D eigenvalue weighted by Gasteiger charge is 2.38. The van der Waals surface area contributed by atoms with Gasteiger partial charge in [0.15, 0.2) is 5.78 Å². The molecule has 0 aromatic heterocycles. The number of rotatable bonds is 8. The lowest BCUT2D eigenvalue weighted by Crippen LogP contribution is -2.31. The fourth-order valence-electron chi connectivity index (χ4n) is 3.85. The highest BCUT2D eigenvalue weighted by molar-refractivity contribution is 6.24. The molecule has 2 N–H and O–H groups in total. The third kappa shape index (κ3) is 3.72. The van der Waals surface area contributed by atoms with E-state index in [1.807, 2.05) is 0 Å². The number of hydrogen-bond acceptors (Lipinski definition) is 7. The zero-order chi connectivity index (χ0) is 24.7. The first kappa shape index (κ1) is 22.5. The quantitative estimate of drug-likeness (QED) is 0.429. The molecule has 172 valence electrons. The van der Waals surface area contributed by atoms with Crippen molar-refractivity contribution in [2.24, 2.45) is 0 Å². The van der Waals surface area contributed by atoms with Crippen molar-refractivity contribution < 1.29 is 43.8 Å². The summed E-state index contributed by atoms with van der Waals surface area (Å²) in [4.78, 5) is 86.2. The summed E-state index contributed by atoms with van der Waals surface area (Å²) in [7, 11) is 0. The number of hydrogen-bond donors (Lipinski definition) is 2. The van der Waals surface area contributed by atoms with Crippen LogP contribution in [0.25, 0.3) is 0 Å². The molecule has 34 heavy (non-hydrogen) atoms. The van der Waals surface area contributed by atoms with Crippen molar-refractivity contribution >= 4 is 41.4 Å². The molecule has 0 fully saturated rings. The van der Waals surface area contributed by atoms with Gasteiger partial charge in [-0.25, -0.2) is 0 Å². The highest BCUT2D eigenvalue weighted by atomic mass is 16.4. The van der Waals surface area contributed by atoms with Gasteiger partial charge in [-0.2, -0.15) is 0 Å². The Bertz CT molecular complexity index is 1230. The number of imide groups is 2. The largest absolute Gasteiger partial charge is 0.481 e. The number of carbonyl (C=O) groups is 7. The van der Waals surface area contributed by atoms with Crippen LogP contribution in [0.15, 0.2) is 36.4 Å². The zero-order valence-electron chi connectivity index (χ0n) is 17.4. The lowest BCUT2D eigenvalue weighted by Gasteiger charge is -2.11. The van der Waals surface area contributed by atoms with E-state index < -0.39 is 54.2 Å². The fourth-order valence-corrected chi connectivity index (χ4v) is 3.85. The average Bonchev–Trinajstić information content (AvgIpc) is 3.19. The number of aliphatic carboxylic acids is 2. The van der Waals surface area contributed by atoms with Crippen molar-refractivity contribution in [2.75, 3.05) is 13.1 Å². The van der Waals surface area contributed by atoms with Gasteiger partial charge in [-0.1, -0.05) is 12.1 Å². The minimum absolute atomic E-state index is 0.0338. The van der Waals surface area contributed by atoms with E-state index in [1.165, 1.54) is 36.4 Å². The lowest BCUT2D eigenvalue weighted by atomic mass is 9.96. The van der Waals surface area contributed by atoms with Crippen LogP contribution in [0.2, 0.25) is 0 Å². The van der Waals surface area contributed by atoms with Crippen molar-refractivity contribution in [2.45, 2.75) is 12.8 Å². The minimum Gasteiger partial charge on any atom is -0.481 e. The van der Waals surface area contributed by atoms with Crippen LogP contribution in [0.1, 0.15) is 70.2 Å². The van der Waals surface area contributed by atoms with E-state index in [9.17, 15) is 33.6 Å². The monoisotopic (exact) mass is 464 g/mol. The molecule has 0 aliphatic carbocycles. The molecule has 11 nitrogen and oxygen atoms in total. The molecule has 0 saturated carbocycles. The highest BCUT2D eigenvalue weighted by Crippen LogP contribution is 2.28. The van der Waals surface area contributed by atoms with Crippen LogP contribution >= 0.6 is 0 Å². The van der Waals surface area contributed by atoms with Crippen LogP contribution in [0, 0.1) is 0 Å². The number of ketones is 1. The summed E-state index contributed by atoms with van der Waals surface area (Å²) in [5, 5.41) is 17.6. The minimum atomic E-state index is -1.17. The fraction of sp³-hybridized carbons (Fsp3) is 0.174. The molecular formula is C23H16N2O9. The summed E-state index contributed by atoms with van der Waals surface area (Å²) < 4.78 is 0. The molecule has 2 aliphatic rings. The molecule has 0 radical (unpaired) electrons. The van der Waals surface area contributed by atoms with E-state index in [2.05, 4.69) is 0 Å². The standard InChI is InChI=1S/C23H16N2O9/c26-17(27)5-7-24-20(31)13-3-1-11(9-15(13)22(24)33)19(30)12-2-4-14-16(10-12)23(34)25(21(14)32)8-6-18(28)29/h1-4,9-10H,5-8H2,(H,26,27)(H,28,29). The second kappa shape index (κ2) is 8.35. The SMILES string of the molecule is O=C(O)CCN1C(=O)c2ccc(C(=O)c3ccc4c(c3)C(=O)N(CCC(=O)O)C4=O)cc2C1=O. The molecule has 0 unspecified atom stereocenters. The summed E-state index contributed by atoms with van der Waals surface area (Å²) in [5.74, 6) is -5.62. The first-order valence-corrected chi connectivity index (χ1v) is 10.1. The predicted octanol–water partition coefficient (Wildman–Crippen LogP) is 1.06. The molecule has 0 spiro atoms. The Kier molecular flexibility index (Phi) is 5.53. The van der Waals surface area contributed by atoms with Crippen LogP contribution in [-0.4, -0.2) is 74.5 Å². The Labute approximate surface area is 191 Å². The number of fused-ring (bicyclic) bond motifs is 2. The molecule has 4 amide bonds. The first-order chi connectivity index (χ1) is 16.1. The number of carboxylic acids is 2. The van der Waals surface area contributed by atoms with E-state index in [4.69, 9.17) is 10.2 Å². The van der Waals surface area contributed by atoms with Crippen LogP contribution in [0.5, 0.6) is 0 Å². The summed E-state index contributed by atoms with van der Waals surface area (Å²) in [6.07, 6.45) is -0.828. The van der Waals surface area contributed by atoms with Crippen molar-refractivity contribution in [3.05, 3.63) is 69.8 Å². The van der Waals surface area contributed by atoms with E-state index >= 15 is 0 Å². The number of carbonyl (C=O) groups excluding carboxylic acids is 5. The molecule has 4 rings (SSSR count). The maximum atomic E-state index is 13.0. The van der Waals surface area contributed by atoms with Gasteiger partial charge in [-0.15, -0.1) is 0 Å². The molecule has 2 aromatic carbocycles. The van der Waals surface area contributed by atoms with Gasteiger partial charge in [0, 0.05) is 24.2 Å². The molecule has 2 aromatic rings. The smallest absolute Gasteiger partial charge is 0.305 e. The van der Waals surface area contributed by atoms with Gasteiger partial charge in [-0.3, -0.25) is 43.4 Å². The maximum Gasteiger partial charge on any atom is 0.305 e. The Morgan fingerprint density at radius 3 is 1.29 bits per heavy atom. The van der Waals surface area contributed by atoms with E-state index in [1.54, 1.807) is 0 Å². The molecule has 11 heteroatoms. The molecule has 0 saturated heterocycles. The van der Waals surface area contributed by atoms with Crippen LogP contribution < -0.4 is 0 Å². The maximum absolute atomic E-state index is 13.0. The van der Waals surface area contributed by atoms with E-state index in [0.717, 1.165) is 9.80 Å². The zero-order valence-corrected chi connectivity index (χ0v) is 17.4. The number of benzene rings is 2. The van der Waals surface area contributed by atoms with Gasteiger partial charge >= 0.3 is 11.9 Å². The van der Waals surface area contributed by atoms with Gasteiger partial charge in [0.1, 0.15) is 0 Å². The Hall–Kier alpha value is -4.67. The normalized spacial score (nSPS) is 14.5. The van der Waals surface area contributed by atoms with Gasteiger partial charge < -0.3 is 10.2 Å². The van der Waals surface area contributed by atoms with Gasteiger partial charge in [0.05, 0.1) is 35.1 Å². The van der Waals surface area contributed by atoms with Crippen molar-refractivity contribution in [3.8, 4) is 0 Å². The third-order valence-electron chi connectivity index (χ3n) is 5.56. The number of nitrogens with zero attached hydrogens (tertiary/aromatic N) is 2. The second-order valence-corrected chi connectivity index (χ2v) is 7.66. The molecule has 2 aliphatic heterocycles. The Morgan fingerprint density at radius 2 is 0.941 bits per heavy atom. The average molecular weight is 464 g/mol. The number of carboxylic acid groups (broad SMARTS) is 2. The lowest BCUT2D eigenvalue weighted by molar-refractivity contribution is -0.138. The van der Waals surface area contributed by atoms with E-state index in [-0.39, 0.29) is 46.5 Å². The van der Waals surface area contributed by atoms with Crippen LogP contribution in [0.3, 0.4) is 0 Å². The van der Waals surface area contributed by atoms with Gasteiger partial charge in [0.2, 0.25) is 0 Å². The summed E-state index contributed by atoms with van der Waals surface area (Å²) >= 11 is 0. The predicted molar refractivity (Wildman–Crippen MR) is 112 cm³/mol. The molecule has 0 bridgehead atoms. The van der Waals surface area contributed by atoms with Gasteiger partial charge in [0.25, 0.3) is 23.6 Å². The van der Waals surface area contributed by atoms with E-state index in [0.29, 0.717) is 0 Å². The summed E-state index contributed by atoms with van der Waals surface area (Å²) in [6.45, 7) is -0.603. The van der Waals surface area contributed by atoms with Crippen LogP contribution in [0.4, 0.5) is 0 Å². The van der Waals surface area contributed by atoms with Gasteiger partial charge in [-0.05, 0) is 24.3 Å².